The number of nitrogens with one attached hydrogen (secondary N) is 1. The zero-order chi connectivity index (χ0) is 15.3. The third kappa shape index (κ3) is 1.65. The Morgan fingerprint density at radius 1 is 1.14 bits per heavy atom. The van der Waals surface area contributed by atoms with E-state index in [1.165, 1.54) is 0 Å². The molecule has 4 rings (SSSR count). The number of hydrogen-bond donors (Lipinski definition) is 3. The van der Waals surface area contributed by atoms with Gasteiger partial charge in [0.1, 0.15) is 11.2 Å². The highest BCUT2D eigenvalue weighted by atomic mass is 16.3. The quantitative estimate of drug-likeness (QED) is 0.461. The number of nitrogens with zero attached hydrogens (tertiary/aromatic N) is 2. The summed E-state index contributed by atoms with van der Waals surface area (Å²) in [7, 11) is 0. The summed E-state index contributed by atoms with van der Waals surface area (Å²) in [5, 5.41) is 19.4. The molecule has 0 aliphatic rings. The number of benzene rings is 2. The summed E-state index contributed by atoms with van der Waals surface area (Å²) in [5.74, 6) is -0.183. The van der Waals surface area contributed by atoms with Gasteiger partial charge in [0.2, 0.25) is 5.88 Å². The third-order valence-corrected chi connectivity index (χ3v) is 3.51. The van der Waals surface area contributed by atoms with Crippen LogP contribution in [0.25, 0.3) is 32.8 Å². The lowest BCUT2D eigenvalue weighted by Gasteiger charge is -1.94. The highest BCUT2D eigenvalue weighted by Crippen LogP contribution is 2.43. The summed E-state index contributed by atoms with van der Waals surface area (Å²) in [6.45, 7) is 0. The van der Waals surface area contributed by atoms with Gasteiger partial charge in [0.25, 0.3) is 0 Å². The number of fused-ring (bicyclic) bond motifs is 5. The van der Waals surface area contributed by atoms with Crippen LogP contribution >= 0.6 is 0 Å². The number of azo groups is 1. The number of aromatic amines is 1. The van der Waals surface area contributed by atoms with Crippen molar-refractivity contribution in [3.05, 3.63) is 36.4 Å². The van der Waals surface area contributed by atoms with E-state index in [4.69, 9.17) is 10.2 Å². The van der Waals surface area contributed by atoms with Crippen LogP contribution in [0, 0.1) is 0 Å². The number of hydrogen-bond acceptors (Lipinski definition) is 4. The number of nitrogens with two attached hydrogens (primary N) is 1. The monoisotopic (exact) mass is 294 g/mol. The summed E-state index contributed by atoms with van der Waals surface area (Å²) >= 11 is 0. The van der Waals surface area contributed by atoms with Crippen molar-refractivity contribution in [2.24, 2.45) is 16.0 Å². The Hall–Kier alpha value is -3.35. The van der Waals surface area contributed by atoms with Crippen molar-refractivity contribution < 1.29 is 14.3 Å². The molecule has 0 atom stereocenters. The maximum absolute atomic E-state index is 10.8. The fourth-order valence-electron chi connectivity index (χ4n) is 2.67. The zero-order valence-electron chi connectivity index (χ0n) is 11.2. The fraction of sp³-hybridized carbons (Fsp3) is 0. The Bertz CT molecular complexity index is 1070. The van der Waals surface area contributed by atoms with E-state index < -0.39 is 6.03 Å². The SMILES string of the molecule is NC(=O)N=Nc1c(O)[nH]c2ccc3oc4ccccc4c3c12. The second kappa shape index (κ2) is 4.32. The second-order valence-corrected chi connectivity index (χ2v) is 4.82. The van der Waals surface area contributed by atoms with Crippen LogP contribution in [0.4, 0.5) is 10.5 Å². The summed E-state index contributed by atoms with van der Waals surface area (Å²) in [6, 6.07) is 10.2. The Labute approximate surface area is 123 Å². The average molecular weight is 294 g/mol. The first-order valence-corrected chi connectivity index (χ1v) is 6.51. The molecule has 108 valence electrons. The van der Waals surface area contributed by atoms with Gasteiger partial charge in [-0.1, -0.05) is 23.3 Å². The Morgan fingerprint density at radius 3 is 2.77 bits per heavy atom. The van der Waals surface area contributed by atoms with Gasteiger partial charge in [0.05, 0.1) is 5.52 Å². The minimum atomic E-state index is -0.932. The lowest BCUT2D eigenvalue weighted by molar-refractivity contribution is 0.255. The van der Waals surface area contributed by atoms with Crippen molar-refractivity contribution in [3.63, 3.8) is 0 Å². The zero-order valence-corrected chi connectivity index (χ0v) is 11.2. The van der Waals surface area contributed by atoms with Crippen molar-refractivity contribution in [1.29, 1.82) is 0 Å². The standard InChI is InChI=1S/C15H10N4O3/c16-15(21)19-18-13-12-8(17-14(13)20)5-6-10-11(12)7-3-1-2-4-9(7)22-10/h1-6,17,20H,(H2,16,21). The predicted molar refractivity (Wildman–Crippen MR) is 81.3 cm³/mol. The van der Waals surface area contributed by atoms with Crippen molar-refractivity contribution in [3.8, 4) is 5.88 Å². The number of para-hydroxylation sites is 1. The number of urea groups is 1. The Balaban J connectivity index is 2.20. The van der Waals surface area contributed by atoms with Crippen molar-refractivity contribution in [2.45, 2.75) is 0 Å². The van der Waals surface area contributed by atoms with Gasteiger partial charge in [0.15, 0.2) is 5.69 Å². The van der Waals surface area contributed by atoms with Crippen LogP contribution < -0.4 is 5.73 Å². The number of primary amides is 1. The summed E-state index contributed by atoms with van der Waals surface area (Å²) in [6.07, 6.45) is 0. The molecule has 0 aliphatic heterocycles. The van der Waals surface area contributed by atoms with Crippen LogP contribution in [0.15, 0.2) is 51.0 Å². The van der Waals surface area contributed by atoms with E-state index in [1.54, 1.807) is 6.07 Å². The lowest BCUT2D eigenvalue weighted by atomic mass is 10.1. The molecule has 2 heterocycles. The van der Waals surface area contributed by atoms with E-state index in [0.29, 0.717) is 16.5 Å². The van der Waals surface area contributed by atoms with Crippen molar-refractivity contribution in [1.82, 2.24) is 4.98 Å². The highest BCUT2D eigenvalue weighted by molar-refractivity contribution is 6.22. The molecule has 22 heavy (non-hydrogen) atoms. The maximum Gasteiger partial charge on any atom is 0.356 e. The van der Waals surface area contributed by atoms with E-state index >= 15 is 0 Å². The highest BCUT2D eigenvalue weighted by Gasteiger charge is 2.18. The minimum Gasteiger partial charge on any atom is -0.493 e. The molecule has 0 bridgehead atoms. The van der Waals surface area contributed by atoms with Gasteiger partial charge in [0, 0.05) is 16.2 Å². The number of amides is 2. The first-order valence-electron chi connectivity index (χ1n) is 6.51. The minimum absolute atomic E-state index is 0.158. The number of aromatic hydroxyl groups is 1. The number of H-pyrrole nitrogens is 1. The topological polar surface area (TPSA) is 117 Å². The van der Waals surface area contributed by atoms with Crippen LogP contribution in [0.1, 0.15) is 0 Å². The molecule has 4 N–H and O–H groups in total. The van der Waals surface area contributed by atoms with Crippen molar-refractivity contribution >= 4 is 44.6 Å². The maximum atomic E-state index is 10.8. The molecule has 7 nitrogen and oxygen atoms in total. The summed E-state index contributed by atoms with van der Waals surface area (Å²) in [4.78, 5) is 13.6. The molecule has 7 heteroatoms. The largest absolute Gasteiger partial charge is 0.493 e. The van der Waals surface area contributed by atoms with Crippen LogP contribution in [-0.4, -0.2) is 16.1 Å². The van der Waals surface area contributed by atoms with Gasteiger partial charge >= 0.3 is 6.03 Å². The third-order valence-electron chi connectivity index (χ3n) is 3.51. The number of carbonyl (C=O) groups excluding carboxylic acids is 1. The Morgan fingerprint density at radius 2 is 1.95 bits per heavy atom. The van der Waals surface area contributed by atoms with E-state index in [9.17, 15) is 9.90 Å². The molecule has 2 amide bonds. The molecule has 0 spiro atoms. The smallest absolute Gasteiger partial charge is 0.356 e. The number of aromatic nitrogens is 1. The number of furan rings is 1. The molecule has 0 unspecified atom stereocenters. The van der Waals surface area contributed by atoms with Gasteiger partial charge in [-0.25, -0.2) is 4.79 Å². The molecule has 2 aromatic carbocycles. The molecule has 0 fully saturated rings. The normalized spacial score (nSPS) is 12.0. The van der Waals surface area contributed by atoms with Gasteiger partial charge in [-0.3, -0.25) is 0 Å². The van der Waals surface area contributed by atoms with Gasteiger partial charge in [-0.2, -0.15) is 0 Å². The number of rotatable bonds is 1. The average Bonchev–Trinajstić information content (AvgIpc) is 3.01. The van der Waals surface area contributed by atoms with Gasteiger partial charge in [-0.15, -0.1) is 5.11 Å². The van der Waals surface area contributed by atoms with Gasteiger partial charge < -0.3 is 20.2 Å². The van der Waals surface area contributed by atoms with E-state index in [2.05, 4.69) is 15.2 Å². The van der Waals surface area contributed by atoms with E-state index in [0.717, 1.165) is 16.4 Å². The van der Waals surface area contributed by atoms with E-state index in [-0.39, 0.29) is 11.6 Å². The van der Waals surface area contributed by atoms with Crippen LogP contribution in [-0.2, 0) is 0 Å². The van der Waals surface area contributed by atoms with E-state index in [1.807, 2.05) is 30.3 Å². The molecule has 4 aromatic rings. The molecule has 0 aliphatic carbocycles. The number of carbonyl (C=O) groups is 1. The van der Waals surface area contributed by atoms with Gasteiger partial charge in [-0.05, 0) is 18.2 Å². The molecule has 0 radical (unpaired) electrons. The molecular formula is C15H10N4O3. The fourth-order valence-corrected chi connectivity index (χ4v) is 2.67. The summed E-state index contributed by atoms with van der Waals surface area (Å²) < 4.78 is 5.79. The van der Waals surface area contributed by atoms with Crippen LogP contribution in [0.3, 0.4) is 0 Å². The molecule has 0 saturated heterocycles. The predicted octanol–water partition coefficient (Wildman–Crippen LogP) is 3.94. The second-order valence-electron chi connectivity index (χ2n) is 4.82. The Kier molecular flexibility index (Phi) is 2.43. The lowest BCUT2D eigenvalue weighted by Crippen LogP contribution is -2.01. The first-order chi connectivity index (χ1) is 10.6. The molecule has 2 aromatic heterocycles. The van der Waals surface area contributed by atoms with Crippen molar-refractivity contribution in [2.75, 3.05) is 0 Å². The van der Waals surface area contributed by atoms with Crippen LogP contribution in [0.5, 0.6) is 5.88 Å². The van der Waals surface area contributed by atoms with Crippen LogP contribution in [0.2, 0.25) is 0 Å². The molecular weight excluding hydrogens is 284 g/mol. The molecule has 0 saturated carbocycles. The summed E-state index contributed by atoms with van der Waals surface area (Å²) in [5.41, 5.74) is 7.18. The first kappa shape index (κ1) is 12.4.